The Bertz CT molecular complexity index is 2510. The highest BCUT2D eigenvalue weighted by molar-refractivity contribution is 7.14. The van der Waals surface area contributed by atoms with E-state index in [0.717, 1.165) is 82.9 Å². The first-order valence-electron chi connectivity index (χ1n) is 20.3. The van der Waals surface area contributed by atoms with Crippen LogP contribution in [0, 0.1) is 17.2 Å². The van der Waals surface area contributed by atoms with Gasteiger partial charge < -0.3 is 20.0 Å². The fraction of sp³-hybridized carbons (Fsp3) is 0.419. The van der Waals surface area contributed by atoms with Crippen LogP contribution in [-0.2, 0) is 16.1 Å². The average Bonchev–Trinajstić information content (AvgIpc) is 4.01. The molecule has 4 aromatic heterocycles. The van der Waals surface area contributed by atoms with Gasteiger partial charge >= 0.3 is 0 Å². The largest absolute Gasteiger partial charge is 0.387 e. The van der Waals surface area contributed by atoms with Crippen LogP contribution in [0.3, 0.4) is 0 Å². The zero-order valence-electron chi connectivity index (χ0n) is 33.1. The highest BCUT2D eigenvalue weighted by atomic mass is 32.1. The molecule has 4 aliphatic rings. The molecule has 1 unspecified atom stereocenters. The molecule has 5 aromatic rings. The van der Waals surface area contributed by atoms with Crippen molar-refractivity contribution in [1.82, 2.24) is 44.7 Å². The van der Waals surface area contributed by atoms with E-state index in [9.17, 15) is 24.4 Å². The maximum Gasteiger partial charge on any atom is 0.255 e. The fourth-order valence-electron chi connectivity index (χ4n) is 9.26. The van der Waals surface area contributed by atoms with Gasteiger partial charge in [-0.2, -0.15) is 5.26 Å². The quantitative estimate of drug-likeness (QED) is 0.189. The topological polar surface area (TPSA) is 182 Å². The van der Waals surface area contributed by atoms with Crippen molar-refractivity contribution in [3.63, 3.8) is 0 Å². The van der Waals surface area contributed by atoms with E-state index in [4.69, 9.17) is 4.98 Å². The minimum absolute atomic E-state index is 0.0278. The summed E-state index contributed by atoms with van der Waals surface area (Å²) in [4.78, 5) is 66.0. The van der Waals surface area contributed by atoms with Crippen molar-refractivity contribution < 1.29 is 19.2 Å². The Morgan fingerprint density at radius 2 is 1.80 bits per heavy atom. The second-order valence-corrected chi connectivity index (χ2v) is 17.2. The number of carbonyl (C=O) groups is 4. The molecular formula is C43H45N11O4S. The maximum atomic E-state index is 13.6. The molecule has 9 rings (SSSR count). The Labute approximate surface area is 345 Å². The number of imide groups is 1. The number of carbonyl (C=O) groups excluding carboxylic acids is 4. The molecule has 1 aromatic carbocycles. The van der Waals surface area contributed by atoms with Gasteiger partial charge in [-0.25, -0.2) is 9.97 Å². The number of aromatic nitrogens is 5. The lowest BCUT2D eigenvalue weighted by Crippen LogP contribution is -2.52. The molecule has 0 spiro atoms. The van der Waals surface area contributed by atoms with Gasteiger partial charge in [-0.05, 0) is 93.8 Å². The number of fused-ring (bicyclic) bond motifs is 2. The second-order valence-electron chi connectivity index (χ2n) is 16.2. The smallest absolute Gasteiger partial charge is 0.255 e. The van der Waals surface area contributed by atoms with Gasteiger partial charge in [-0.15, -0.1) is 10.2 Å². The fourth-order valence-corrected chi connectivity index (χ4v) is 10.3. The van der Waals surface area contributed by atoms with E-state index in [1.165, 1.54) is 4.90 Å². The highest BCUT2D eigenvalue weighted by Gasteiger charge is 2.39. The molecule has 2 N–H and O–H groups in total. The molecule has 3 fully saturated rings. The van der Waals surface area contributed by atoms with E-state index < -0.39 is 11.9 Å². The lowest BCUT2D eigenvalue weighted by atomic mass is 9.85. The molecule has 59 heavy (non-hydrogen) atoms. The molecule has 7 heterocycles. The summed E-state index contributed by atoms with van der Waals surface area (Å²) in [6, 6.07) is 12.9. The maximum absolute atomic E-state index is 13.6. The molecule has 16 heteroatoms. The van der Waals surface area contributed by atoms with Crippen molar-refractivity contribution in [2.75, 3.05) is 39.0 Å². The summed E-state index contributed by atoms with van der Waals surface area (Å²) in [6.07, 6.45) is 12.0. The van der Waals surface area contributed by atoms with Crippen molar-refractivity contribution in [1.29, 1.82) is 5.26 Å². The third kappa shape index (κ3) is 7.44. The zero-order chi connectivity index (χ0) is 40.8. The number of anilines is 1. The Balaban J connectivity index is 0.756. The van der Waals surface area contributed by atoms with Gasteiger partial charge in [0.2, 0.25) is 11.8 Å². The van der Waals surface area contributed by atoms with Crippen LogP contribution in [0.2, 0.25) is 0 Å². The number of amides is 4. The number of piperidine rings is 2. The van der Waals surface area contributed by atoms with Crippen LogP contribution < -0.4 is 10.6 Å². The van der Waals surface area contributed by atoms with E-state index in [-0.39, 0.29) is 30.7 Å². The van der Waals surface area contributed by atoms with Crippen molar-refractivity contribution in [3.8, 4) is 22.5 Å². The number of rotatable bonds is 9. The first-order chi connectivity index (χ1) is 28.7. The van der Waals surface area contributed by atoms with E-state index in [1.807, 2.05) is 47.1 Å². The normalized spacial score (nSPS) is 21.2. The monoisotopic (exact) mass is 811 g/mol. The predicted molar refractivity (Wildman–Crippen MR) is 221 cm³/mol. The molecular weight excluding hydrogens is 767 g/mol. The number of nitrogens with one attached hydrogen (secondary N) is 2. The SMILES string of the molecule is CNc1cc(-n2ccc3cc(C#N)cnc32)ncc1-c1nnc(C2CCC(N(C)CC3CCN(C(=O)c4ccc5c(c4)CN(C4CCC(=O)NC4=O)C5=O)CC3)CC2)s1. The van der Waals surface area contributed by atoms with Gasteiger partial charge in [-0.3, -0.25) is 29.1 Å². The first kappa shape index (κ1) is 38.5. The molecule has 1 saturated carbocycles. The summed E-state index contributed by atoms with van der Waals surface area (Å²) in [7, 11) is 4.13. The zero-order valence-corrected chi connectivity index (χ0v) is 33.9. The first-order valence-corrected chi connectivity index (χ1v) is 21.1. The Morgan fingerprint density at radius 1 is 0.983 bits per heavy atom. The number of nitrogens with zero attached hydrogens (tertiary/aromatic N) is 9. The van der Waals surface area contributed by atoms with E-state index in [0.29, 0.717) is 59.9 Å². The summed E-state index contributed by atoms with van der Waals surface area (Å²) < 4.78 is 1.91. The van der Waals surface area contributed by atoms with Gasteiger partial charge in [-0.1, -0.05) is 11.3 Å². The average molecular weight is 812 g/mol. The van der Waals surface area contributed by atoms with Gasteiger partial charge in [0, 0.05) is 98.5 Å². The molecule has 3 aliphatic heterocycles. The van der Waals surface area contributed by atoms with Crippen LogP contribution in [0.15, 0.2) is 55.0 Å². The van der Waals surface area contributed by atoms with Crippen molar-refractivity contribution in [2.45, 2.75) is 75.9 Å². The second kappa shape index (κ2) is 16.0. The van der Waals surface area contributed by atoms with E-state index in [1.54, 1.807) is 35.7 Å². The number of likely N-dealkylation sites (tertiary alicyclic amines) is 1. The van der Waals surface area contributed by atoms with Crippen LogP contribution in [0.5, 0.6) is 0 Å². The molecule has 0 radical (unpaired) electrons. The van der Waals surface area contributed by atoms with Crippen LogP contribution in [0.1, 0.15) is 94.1 Å². The predicted octanol–water partition coefficient (Wildman–Crippen LogP) is 5.12. The van der Waals surface area contributed by atoms with Crippen LogP contribution in [0.4, 0.5) is 5.69 Å². The minimum Gasteiger partial charge on any atom is -0.387 e. The third-order valence-corrected chi connectivity index (χ3v) is 13.7. The molecule has 15 nitrogen and oxygen atoms in total. The number of hydrogen-bond acceptors (Lipinski definition) is 12. The van der Waals surface area contributed by atoms with Crippen molar-refractivity contribution >= 4 is 51.7 Å². The summed E-state index contributed by atoms with van der Waals surface area (Å²) >= 11 is 1.64. The van der Waals surface area contributed by atoms with E-state index >= 15 is 0 Å². The van der Waals surface area contributed by atoms with Gasteiger partial charge in [0.15, 0.2) is 5.01 Å². The summed E-state index contributed by atoms with van der Waals surface area (Å²) in [5.74, 6) is 0.581. The number of hydrogen-bond donors (Lipinski definition) is 2. The van der Waals surface area contributed by atoms with Gasteiger partial charge in [0.1, 0.15) is 28.6 Å². The van der Waals surface area contributed by atoms with E-state index in [2.05, 4.69) is 43.8 Å². The lowest BCUT2D eigenvalue weighted by Gasteiger charge is -2.38. The number of nitriles is 1. The van der Waals surface area contributed by atoms with Gasteiger partial charge in [0.25, 0.3) is 11.8 Å². The molecule has 4 amide bonds. The Kier molecular flexibility index (Phi) is 10.4. The van der Waals surface area contributed by atoms with Crippen molar-refractivity contribution in [2.24, 2.45) is 5.92 Å². The summed E-state index contributed by atoms with van der Waals surface area (Å²) in [5.41, 5.74) is 4.87. The highest BCUT2D eigenvalue weighted by Crippen LogP contribution is 2.40. The van der Waals surface area contributed by atoms with Crippen LogP contribution in [0.25, 0.3) is 27.4 Å². The van der Waals surface area contributed by atoms with Gasteiger partial charge in [0.05, 0.1) is 11.1 Å². The molecule has 1 atom stereocenters. The lowest BCUT2D eigenvalue weighted by molar-refractivity contribution is -0.136. The third-order valence-electron chi connectivity index (χ3n) is 12.6. The van der Waals surface area contributed by atoms with Crippen LogP contribution in [-0.4, -0.2) is 109 Å². The molecule has 0 bridgehead atoms. The summed E-state index contributed by atoms with van der Waals surface area (Å²) in [5, 5.41) is 26.9. The minimum atomic E-state index is -0.678. The Morgan fingerprint density at radius 3 is 2.56 bits per heavy atom. The summed E-state index contributed by atoms with van der Waals surface area (Å²) in [6.45, 7) is 2.65. The number of benzene rings is 1. The molecule has 302 valence electrons. The molecule has 1 aliphatic carbocycles. The number of pyridine rings is 2. The standard InChI is InChI=1S/C43H45N11O4S/c1-45-34-19-36(53-16-13-28-17-26(20-44)21-47-38(28)53)46-22-33(34)41-50-49-40(59-41)27-3-6-31(7-4-27)51(2)23-25-11-14-52(15-12-25)42(57)29-5-8-32-30(18-29)24-54(43(32)58)35-9-10-37(55)48-39(35)56/h5,8,13,16-19,21-22,25,27,31,35H,3-4,6-7,9-12,14-15,23-24H2,1-2H3,(H,45,46)(H,48,55,56). The van der Waals surface area contributed by atoms with Crippen molar-refractivity contribution in [3.05, 3.63) is 82.3 Å². The Hall–Kier alpha value is -6.05. The molecule has 2 saturated heterocycles. The van der Waals surface area contributed by atoms with Crippen LogP contribution >= 0.6 is 11.3 Å².